The van der Waals surface area contributed by atoms with E-state index in [9.17, 15) is 9.59 Å². The van der Waals surface area contributed by atoms with Crippen molar-refractivity contribution in [2.75, 3.05) is 24.1 Å². The Kier molecular flexibility index (Phi) is 7.19. The van der Waals surface area contributed by atoms with E-state index >= 15 is 4.39 Å². The molecular formula is C30H31FN8O2. The molecule has 4 aromatic rings. The van der Waals surface area contributed by atoms with Crippen LogP contribution in [-0.2, 0) is 4.79 Å². The van der Waals surface area contributed by atoms with E-state index in [0.717, 1.165) is 35.9 Å². The first kappa shape index (κ1) is 26.6. The standard InChI is InChI=1S/C30H31FN8O2/c1-17-9-11-34-24(12-17)37-30(41)18-7-8-22(23(31)13-18)27-26-28-19(15-35-29(26)32)4-3-10-33-16-25(40)36-20-5-2-6-21(14-20)39(28)38-27/h3-4,7-9,11-13,15,20-21,33H,2,5-6,10,14,16H2,1H3,(H2,32,35)(H,36,40)(H,34,37,41)/b4-3+/t20-,21-/m1/s1. The van der Waals surface area contributed by atoms with Crippen LogP contribution in [0.2, 0.25) is 0 Å². The van der Waals surface area contributed by atoms with Crippen LogP contribution < -0.4 is 21.7 Å². The SMILES string of the molecule is Cc1ccnc(NC(=O)c2ccc(-c3nn4c5c(cnc(N)c35)/C=C/CNCC(=O)N[C@@H]3CCC[C@@H]4C3)c(F)c2)c1. The number of carbonyl (C=O) groups is 2. The summed E-state index contributed by atoms with van der Waals surface area (Å²) in [6.45, 7) is 2.63. The summed E-state index contributed by atoms with van der Waals surface area (Å²) in [5.41, 5.74) is 9.67. The maximum absolute atomic E-state index is 15.8. The molecule has 0 radical (unpaired) electrons. The van der Waals surface area contributed by atoms with Crippen LogP contribution in [0, 0.1) is 12.7 Å². The van der Waals surface area contributed by atoms with E-state index in [0.29, 0.717) is 29.9 Å². The van der Waals surface area contributed by atoms with Crippen molar-refractivity contribution < 1.29 is 14.0 Å². The van der Waals surface area contributed by atoms with Crippen LogP contribution in [0.3, 0.4) is 0 Å². The highest BCUT2D eigenvalue weighted by atomic mass is 19.1. The van der Waals surface area contributed by atoms with Crippen LogP contribution in [0.1, 0.15) is 53.2 Å². The second-order valence-electron chi connectivity index (χ2n) is 10.6. The Balaban J connectivity index is 1.43. The predicted molar refractivity (Wildman–Crippen MR) is 156 cm³/mol. The number of pyridine rings is 2. The van der Waals surface area contributed by atoms with E-state index in [4.69, 9.17) is 10.8 Å². The number of aromatic nitrogens is 4. The number of hydrogen-bond acceptors (Lipinski definition) is 7. The van der Waals surface area contributed by atoms with Crippen molar-refractivity contribution in [3.63, 3.8) is 0 Å². The molecule has 0 saturated heterocycles. The third-order valence-electron chi connectivity index (χ3n) is 7.63. The lowest BCUT2D eigenvalue weighted by molar-refractivity contribution is -0.121. The number of amides is 2. The number of halogens is 1. The minimum Gasteiger partial charge on any atom is -0.383 e. The molecule has 5 N–H and O–H groups in total. The Bertz CT molecular complexity index is 1680. The summed E-state index contributed by atoms with van der Waals surface area (Å²) in [5.74, 6) is -0.479. The average Bonchev–Trinajstić information content (AvgIpc) is 3.35. The summed E-state index contributed by atoms with van der Waals surface area (Å²) in [6.07, 6.45) is 10.5. The molecular weight excluding hydrogens is 523 g/mol. The van der Waals surface area contributed by atoms with Gasteiger partial charge in [0.15, 0.2) is 0 Å². The van der Waals surface area contributed by atoms with Crippen LogP contribution in [0.5, 0.6) is 0 Å². The quantitative estimate of drug-likeness (QED) is 0.300. The predicted octanol–water partition coefficient (Wildman–Crippen LogP) is 3.99. The van der Waals surface area contributed by atoms with Gasteiger partial charge in [-0.25, -0.2) is 14.4 Å². The molecule has 2 bridgehead atoms. The Labute approximate surface area is 236 Å². The average molecular weight is 555 g/mol. The van der Waals surface area contributed by atoms with Gasteiger partial charge >= 0.3 is 0 Å². The Morgan fingerprint density at radius 3 is 2.90 bits per heavy atom. The van der Waals surface area contributed by atoms with E-state index in [2.05, 4.69) is 25.9 Å². The van der Waals surface area contributed by atoms with E-state index in [1.165, 1.54) is 6.07 Å². The molecule has 2 atom stereocenters. The van der Waals surface area contributed by atoms with Crippen molar-refractivity contribution in [2.45, 2.75) is 44.7 Å². The third kappa shape index (κ3) is 5.40. The second-order valence-corrected chi connectivity index (χ2v) is 10.6. The van der Waals surface area contributed by atoms with Crippen LogP contribution in [-0.4, -0.2) is 50.7 Å². The first-order valence-electron chi connectivity index (χ1n) is 13.7. The van der Waals surface area contributed by atoms with Gasteiger partial charge < -0.3 is 21.7 Å². The molecule has 2 aliphatic rings. The Morgan fingerprint density at radius 2 is 2.07 bits per heavy atom. The van der Waals surface area contributed by atoms with Gasteiger partial charge in [-0.15, -0.1) is 0 Å². The van der Waals surface area contributed by atoms with Gasteiger partial charge in [-0.1, -0.05) is 12.2 Å². The lowest BCUT2D eigenvalue weighted by Crippen LogP contribution is -2.43. The van der Waals surface area contributed by atoms with Gasteiger partial charge in [0.2, 0.25) is 5.91 Å². The van der Waals surface area contributed by atoms with Crippen molar-refractivity contribution in [3.8, 4) is 11.3 Å². The smallest absolute Gasteiger partial charge is 0.256 e. The molecule has 4 heterocycles. The third-order valence-corrected chi connectivity index (χ3v) is 7.63. The zero-order valence-electron chi connectivity index (χ0n) is 22.7. The lowest BCUT2D eigenvalue weighted by Gasteiger charge is -2.30. The van der Waals surface area contributed by atoms with Gasteiger partial charge in [0, 0.05) is 41.7 Å². The van der Waals surface area contributed by atoms with Crippen LogP contribution in [0.15, 0.2) is 48.8 Å². The Morgan fingerprint density at radius 1 is 1.20 bits per heavy atom. The zero-order valence-corrected chi connectivity index (χ0v) is 22.7. The first-order valence-corrected chi connectivity index (χ1v) is 13.7. The van der Waals surface area contributed by atoms with Crippen molar-refractivity contribution in [2.24, 2.45) is 0 Å². The highest BCUT2D eigenvalue weighted by Gasteiger charge is 2.29. The summed E-state index contributed by atoms with van der Waals surface area (Å²) in [6, 6.07) is 7.86. The lowest BCUT2D eigenvalue weighted by atomic mass is 9.90. The molecule has 2 amide bonds. The number of hydrogen-bond donors (Lipinski definition) is 4. The number of nitrogens with one attached hydrogen (secondary N) is 3. The number of aryl methyl sites for hydroxylation is 1. The number of anilines is 2. The van der Waals surface area contributed by atoms with Crippen LogP contribution >= 0.6 is 0 Å². The molecule has 0 spiro atoms. The summed E-state index contributed by atoms with van der Waals surface area (Å²) >= 11 is 0. The number of nitrogens with zero attached hydrogens (tertiary/aromatic N) is 4. The zero-order chi connectivity index (χ0) is 28.5. The largest absolute Gasteiger partial charge is 0.383 e. The fraction of sp³-hybridized carbons (Fsp3) is 0.300. The summed E-state index contributed by atoms with van der Waals surface area (Å²) in [4.78, 5) is 33.8. The van der Waals surface area contributed by atoms with Gasteiger partial charge in [-0.05, 0) is 68.5 Å². The Hall–Kier alpha value is -4.64. The topological polar surface area (TPSA) is 140 Å². The number of rotatable bonds is 3. The monoisotopic (exact) mass is 554 g/mol. The van der Waals surface area contributed by atoms with Gasteiger partial charge in [-0.2, -0.15) is 5.10 Å². The summed E-state index contributed by atoms with van der Waals surface area (Å²) < 4.78 is 17.7. The van der Waals surface area contributed by atoms with E-state index in [-0.39, 0.29) is 41.5 Å². The molecule has 1 aliphatic carbocycles. The molecule has 41 heavy (non-hydrogen) atoms. The van der Waals surface area contributed by atoms with E-state index in [1.54, 1.807) is 30.6 Å². The van der Waals surface area contributed by atoms with Gasteiger partial charge in [-0.3, -0.25) is 14.3 Å². The molecule has 1 aliphatic heterocycles. The molecule has 1 saturated carbocycles. The van der Waals surface area contributed by atoms with E-state index in [1.807, 2.05) is 29.8 Å². The van der Waals surface area contributed by atoms with Crippen molar-refractivity contribution in [1.82, 2.24) is 30.4 Å². The van der Waals surface area contributed by atoms with Gasteiger partial charge in [0.05, 0.1) is 23.5 Å². The van der Waals surface area contributed by atoms with Crippen LogP contribution in [0.4, 0.5) is 16.0 Å². The van der Waals surface area contributed by atoms with Crippen LogP contribution in [0.25, 0.3) is 28.2 Å². The first-order chi connectivity index (χ1) is 19.9. The highest BCUT2D eigenvalue weighted by Crippen LogP contribution is 2.39. The number of carbonyl (C=O) groups excluding carboxylic acids is 2. The number of fused-ring (bicyclic) bond motifs is 3. The molecule has 1 fully saturated rings. The summed E-state index contributed by atoms with van der Waals surface area (Å²) in [7, 11) is 0. The maximum Gasteiger partial charge on any atom is 0.256 e. The minimum atomic E-state index is -0.603. The van der Waals surface area contributed by atoms with E-state index < -0.39 is 11.7 Å². The number of benzene rings is 1. The molecule has 10 nitrogen and oxygen atoms in total. The molecule has 0 unspecified atom stereocenters. The minimum absolute atomic E-state index is 0.0134. The normalized spacial score (nSPS) is 19.9. The molecule has 210 valence electrons. The number of nitrogen functional groups attached to an aromatic ring is 1. The molecule has 11 heteroatoms. The van der Waals surface area contributed by atoms with Gasteiger partial charge in [0.25, 0.3) is 5.91 Å². The number of nitrogens with two attached hydrogens (primary N) is 1. The molecule has 3 aromatic heterocycles. The molecule has 6 rings (SSSR count). The van der Waals surface area contributed by atoms with Crippen molar-refractivity contribution >= 4 is 40.4 Å². The molecule has 1 aromatic carbocycles. The van der Waals surface area contributed by atoms with Gasteiger partial charge in [0.1, 0.15) is 23.1 Å². The highest BCUT2D eigenvalue weighted by molar-refractivity contribution is 6.06. The second kappa shape index (κ2) is 11.1. The fourth-order valence-corrected chi connectivity index (χ4v) is 5.69. The van der Waals surface area contributed by atoms with Crippen molar-refractivity contribution in [3.05, 3.63) is 71.3 Å². The summed E-state index contributed by atoms with van der Waals surface area (Å²) in [5, 5.41) is 14.5. The fourth-order valence-electron chi connectivity index (χ4n) is 5.69. The van der Waals surface area contributed by atoms with Crippen molar-refractivity contribution in [1.29, 1.82) is 0 Å². The maximum atomic E-state index is 15.8.